The first-order chi connectivity index (χ1) is 6.99. The van der Waals surface area contributed by atoms with Crippen LogP contribution in [0.5, 0.6) is 0 Å². The number of carbonyl (C=O) groups excluding carboxylic acids is 3. The summed E-state index contributed by atoms with van der Waals surface area (Å²) in [6.45, 7) is 0. The molecule has 2 unspecified atom stereocenters. The van der Waals surface area contributed by atoms with Gasteiger partial charge in [0.2, 0.25) is 5.79 Å². The molecule has 1 radical (unpaired) electrons. The molecule has 0 spiro atoms. The summed E-state index contributed by atoms with van der Waals surface area (Å²) in [5, 5.41) is 65.5. The molecule has 0 aliphatic rings. The molecular weight excluding hydrogens is 284 g/mol. The summed E-state index contributed by atoms with van der Waals surface area (Å²) in [4.78, 5) is 30.5. The van der Waals surface area contributed by atoms with E-state index >= 15 is 0 Å². The van der Waals surface area contributed by atoms with E-state index in [2.05, 4.69) is 0 Å². The van der Waals surface area contributed by atoms with Crippen LogP contribution in [0.3, 0.4) is 0 Å². The van der Waals surface area contributed by atoms with Crippen LogP contribution in [0.1, 0.15) is 0 Å². The smallest absolute Gasteiger partial charge is 0.547 e. The molecule has 0 aliphatic carbocycles. The normalized spacial score (nSPS) is 16.2. The number of aliphatic carboxylic acids is 3. The van der Waals surface area contributed by atoms with Crippen molar-refractivity contribution >= 4 is 17.9 Å². The Morgan fingerprint density at radius 3 is 1.47 bits per heavy atom. The second kappa shape index (κ2) is 5.41. The zero-order valence-electron chi connectivity index (χ0n) is 7.72. The Morgan fingerprint density at radius 2 is 1.29 bits per heavy atom. The third-order valence-corrected chi connectivity index (χ3v) is 1.75. The molecule has 0 aromatic heterocycles. The van der Waals surface area contributed by atoms with Gasteiger partial charge in [0.15, 0.2) is 5.60 Å². The van der Waals surface area contributed by atoms with Crippen molar-refractivity contribution in [3.05, 3.63) is 0 Å². The summed E-state index contributed by atoms with van der Waals surface area (Å²) in [6, 6.07) is 0. The minimum absolute atomic E-state index is 0. The van der Waals surface area contributed by atoms with Gasteiger partial charge in [0, 0.05) is 0 Å². The molecule has 17 heavy (non-hydrogen) atoms. The third kappa shape index (κ3) is 2.72. The molecule has 10 nitrogen and oxygen atoms in total. The summed E-state index contributed by atoms with van der Waals surface area (Å²) in [5.41, 5.74) is -4.45. The molecule has 0 aromatic carbocycles. The second-order valence-corrected chi connectivity index (χ2v) is 2.74. The molecule has 0 saturated carbocycles. The molecule has 0 bridgehead atoms. The number of rotatable bonds is 5. The van der Waals surface area contributed by atoms with E-state index in [-0.39, 0.29) is 17.4 Å². The Labute approximate surface area is 103 Å². The number of hydrogen-bond donors (Lipinski definition) is 4. The summed E-state index contributed by atoms with van der Waals surface area (Å²) >= 11 is 0. The van der Waals surface area contributed by atoms with Crippen molar-refractivity contribution in [1.82, 2.24) is 0 Å². The average molecular weight is 289 g/mol. The predicted octanol–water partition coefficient (Wildman–Crippen LogP) is -7.99. The molecule has 0 rings (SSSR count). The number of aliphatic hydroxyl groups excluding tert-OH is 1. The van der Waals surface area contributed by atoms with Crippen LogP contribution < -0.4 is 15.3 Å². The first-order valence-electron chi connectivity index (χ1n) is 3.48. The fourth-order valence-corrected chi connectivity index (χ4v) is 0.771. The van der Waals surface area contributed by atoms with Gasteiger partial charge in [-0.3, -0.25) is 0 Å². The zero-order valence-corrected chi connectivity index (χ0v) is 9.00. The van der Waals surface area contributed by atoms with Crippen LogP contribution in [0.2, 0.25) is 0 Å². The maximum absolute atomic E-state index is 10.3. The summed E-state index contributed by atoms with van der Waals surface area (Å²) in [5.74, 6) is -13.2. The Bertz CT molecular complexity index is 338. The van der Waals surface area contributed by atoms with Crippen molar-refractivity contribution in [2.45, 2.75) is 17.5 Å². The maximum atomic E-state index is 10.3. The van der Waals surface area contributed by atoms with Crippen LogP contribution in [-0.4, -0.2) is 55.8 Å². The molecule has 2 atom stereocenters. The van der Waals surface area contributed by atoms with E-state index < -0.39 is 35.4 Å². The third-order valence-electron chi connectivity index (χ3n) is 1.75. The van der Waals surface area contributed by atoms with Crippen LogP contribution in [0.25, 0.3) is 0 Å². The second-order valence-electron chi connectivity index (χ2n) is 2.74. The molecule has 0 heterocycles. The van der Waals surface area contributed by atoms with E-state index in [1.165, 1.54) is 0 Å². The molecule has 11 heteroatoms. The van der Waals surface area contributed by atoms with Crippen molar-refractivity contribution in [3.8, 4) is 0 Å². The largest absolute Gasteiger partial charge is 3.00 e. The Kier molecular flexibility index (Phi) is 5.78. The minimum Gasteiger partial charge on any atom is -0.547 e. The summed E-state index contributed by atoms with van der Waals surface area (Å²) < 4.78 is 0. The van der Waals surface area contributed by atoms with E-state index in [9.17, 15) is 29.7 Å². The van der Waals surface area contributed by atoms with Crippen LogP contribution in [0.4, 0.5) is 0 Å². The van der Waals surface area contributed by atoms with Gasteiger partial charge in [-0.05, 0) is 0 Å². The van der Waals surface area contributed by atoms with Crippen molar-refractivity contribution in [3.63, 3.8) is 0 Å². The van der Waals surface area contributed by atoms with E-state index in [4.69, 9.17) is 20.4 Å². The van der Waals surface area contributed by atoms with Gasteiger partial charge in [-0.2, -0.15) is 0 Å². The Hall–Kier alpha value is -1.22. The Balaban J connectivity index is 0. The quantitative estimate of drug-likeness (QED) is 0.352. The zero-order chi connectivity index (χ0) is 13.3. The van der Waals surface area contributed by atoms with E-state index in [1.807, 2.05) is 0 Å². The van der Waals surface area contributed by atoms with Gasteiger partial charge in [0.1, 0.15) is 12.1 Å². The number of hydrogen-bond acceptors (Lipinski definition) is 10. The number of carbonyl (C=O) groups is 3. The molecule has 0 saturated heterocycles. The van der Waals surface area contributed by atoms with E-state index in [0.29, 0.717) is 0 Å². The van der Waals surface area contributed by atoms with Gasteiger partial charge in [-0.1, -0.05) is 0 Å². The number of carboxylic acids is 3. The molecule has 0 aliphatic heterocycles. The first-order valence-corrected chi connectivity index (χ1v) is 3.48. The predicted molar refractivity (Wildman–Crippen MR) is 33.1 cm³/mol. The molecular formula is C6H5CrO10. The van der Waals surface area contributed by atoms with Gasteiger partial charge >= 0.3 is 17.4 Å². The number of carboxylic acid groups (broad SMARTS) is 3. The monoisotopic (exact) mass is 289 g/mol. The van der Waals surface area contributed by atoms with E-state index in [1.54, 1.807) is 0 Å². The molecule has 0 aromatic rings. The topological polar surface area (TPSA) is 201 Å². The van der Waals surface area contributed by atoms with Gasteiger partial charge in [0.25, 0.3) is 0 Å². The SMILES string of the molecule is O=C([O-])C(O)C(O)(C(=O)[O-])C(O)(O)C(=O)[O-].[Cr+3]. The van der Waals surface area contributed by atoms with Crippen molar-refractivity contribution in [2.75, 3.05) is 0 Å². The van der Waals surface area contributed by atoms with E-state index in [0.717, 1.165) is 0 Å². The summed E-state index contributed by atoms with van der Waals surface area (Å²) in [6.07, 6.45) is -3.47. The maximum Gasteiger partial charge on any atom is 3.00 e. The Morgan fingerprint density at radius 1 is 0.941 bits per heavy atom. The van der Waals surface area contributed by atoms with Crippen LogP contribution in [0.15, 0.2) is 0 Å². The standard InChI is InChI=1S/C6H8O10.Cr/c7-1(2(8)9)5(14,3(10)11)6(15,16)4(12)13;/h1,7,14-16H,(H,8,9)(H,10,11)(H,12,13);/q;+3/p-3. The van der Waals surface area contributed by atoms with Gasteiger partial charge in [-0.25, -0.2) is 0 Å². The summed E-state index contributed by atoms with van der Waals surface area (Å²) in [7, 11) is 0. The minimum atomic E-state index is -4.59. The van der Waals surface area contributed by atoms with Crippen molar-refractivity contribution in [1.29, 1.82) is 0 Å². The molecule has 0 fully saturated rings. The van der Waals surface area contributed by atoms with Crippen molar-refractivity contribution in [2.24, 2.45) is 0 Å². The van der Waals surface area contributed by atoms with Crippen LogP contribution >= 0.6 is 0 Å². The van der Waals surface area contributed by atoms with Crippen molar-refractivity contribution < 1.29 is 67.5 Å². The van der Waals surface area contributed by atoms with Gasteiger partial charge < -0.3 is 50.1 Å². The van der Waals surface area contributed by atoms with Crippen LogP contribution in [0, 0.1) is 0 Å². The first kappa shape index (κ1) is 18.2. The molecule has 0 amide bonds. The molecule has 95 valence electrons. The van der Waals surface area contributed by atoms with Gasteiger partial charge in [0.05, 0.1) is 11.9 Å². The molecule has 4 N–H and O–H groups in total. The number of aliphatic hydroxyl groups is 4. The fraction of sp³-hybridized carbons (Fsp3) is 0.500. The fourth-order valence-electron chi connectivity index (χ4n) is 0.771. The van der Waals surface area contributed by atoms with Gasteiger partial charge in [-0.15, -0.1) is 0 Å². The average Bonchev–Trinajstić information content (AvgIpc) is 2.14. The van der Waals surface area contributed by atoms with Crippen LogP contribution in [-0.2, 0) is 31.7 Å².